The van der Waals surface area contributed by atoms with Crippen LogP contribution < -0.4 is 10.2 Å². The topological polar surface area (TPSA) is 58.2 Å². The van der Waals surface area contributed by atoms with E-state index in [1.807, 2.05) is 37.3 Å². The quantitative estimate of drug-likeness (QED) is 0.858. The zero-order valence-electron chi connectivity index (χ0n) is 10.9. The molecule has 4 nitrogen and oxygen atoms in total. The predicted molar refractivity (Wildman–Crippen MR) is 73.0 cm³/mol. The van der Waals surface area contributed by atoms with E-state index in [-0.39, 0.29) is 6.61 Å². The van der Waals surface area contributed by atoms with Crippen LogP contribution in [0.1, 0.15) is 5.56 Å². The lowest BCUT2D eigenvalue weighted by Crippen LogP contribution is -2.29. The van der Waals surface area contributed by atoms with Crippen LogP contribution in [0.5, 0.6) is 5.75 Å². The molecule has 2 N–H and O–H groups in total. The summed E-state index contributed by atoms with van der Waals surface area (Å²) in [5.41, 5.74) is 1.42. The average molecular weight is 258 g/mol. The van der Waals surface area contributed by atoms with Gasteiger partial charge >= 0.3 is 0 Å². The molecule has 2 aromatic rings. The second-order valence-corrected chi connectivity index (χ2v) is 4.47. The molecule has 4 heteroatoms. The highest BCUT2D eigenvalue weighted by molar-refractivity contribution is 5.31. The fourth-order valence-electron chi connectivity index (χ4n) is 1.82. The first-order chi connectivity index (χ1) is 9.16. The molecule has 100 valence electrons. The summed E-state index contributed by atoms with van der Waals surface area (Å²) in [5.74, 6) is 0.783. The molecule has 1 aromatic carbocycles. The highest BCUT2D eigenvalue weighted by Crippen LogP contribution is 2.16. The summed E-state index contributed by atoms with van der Waals surface area (Å²) >= 11 is 0. The van der Waals surface area contributed by atoms with E-state index in [4.69, 9.17) is 10.1 Å². The van der Waals surface area contributed by atoms with Crippen LogP contribution in [0.15, 0.2) is 48.7 Å². The summed E-state index contributed by atoms with van der Waals surface area (Å²) < 4.78 is 7.27. The fourth-order valence-corrected chi connectivity index (χ4v) is 1.82. The molecular weight excluding hydrogens is 240 g/mol. The Hall–Kier alpha value is -2.07. The first-order valence-electron chi connectivity index (χ1n) is 6.23. The van der Waals surface area contributed by atoms with Crippen LogP contribution in [0.2, 0.25) is 0 Å². The summed E-state index contributed by atoms with van der Waals surface area (Å²) in [6.07, 6.45) is 1.13. The molecule has 0 radical (unpaired) electrons. The van der Waals surface area contributed by atoms with Gasteiger partial charge in [-0.15, -0.1) is 0 Å². The SMILES string of the molecule is Cc1ccccc1OCC(O)Cn1ccccc1=N. The van der Waals surface area contributed by atoms with Crippen LogP contribution in [-0.2, 0) is 6.54 Å². The third-order valence-corrected chi connectivity index (χ3v) is 2.87. The van der Waals surface area contributed by atoms with Crippen molar-refractivity contribution in [2.45, 2.75) is 19.6 Å². The number of aliphatic hydroxyl groups excluding tert-OH is 1. The largest absolute Gasteiger partial charge is 0.491 e. The molecule has 0 aliphatic heterocycles. The van der Waals surface area contributed by atoms with Gasteiger partial charge in [0.15, 0.2) is 0 Å². The van der Waals surface area contributed by atoms with Crippen molar-refractivity contribution in [1.29, 1.82) is 5.41 Å². The molecule has 0 spiro atoms. The second-order valence-electron chi connectivity index (χ2n) is 4.47. The number of nitrogens with zero attached hydrogens (tertiary/aromatic N) is 1. The molecule has 0 fully saturated rings. The molecule has 2 rings (SSSR count). The molecule has 0 aliphatic carbocycles. The van der Waals surface area contributed by atoms with Crippen molar-refractivity contribution in [3.8, 4) is 5.75 Å². The Kier molecular flexibility index (Phi) is 4.36. The number of aryl methyl sites for hydroxylation is 1. The van der Waals surface area contributed by atoms with E-state index in [1.54, 1.807) is 22.9 Å². The number of para-hydroxylation sites is 1. The number of benzene rings is 1. The zero-order chi connectivity index (χ0) is 13.7. The van der Waals surface area contributed by atoms with Crippen LogP contribution in [-0.4, -0.2) is 22.4 Å². The molecule has 1 heterocycles. The third kappa shape index (κ3) is 3.69. The summed E-state index contributed by atoms with van der Waals surface area (Å²) in [6, 6.07) is 13.0. The molecule has 0 saturated heterocycles. The van der Waals surface area contributed by atoms with Crippen molar-refractivity contribution < 1.29 is 9.84 Å². The molecule has 0 amide bonds. The van der Waals surface area contributed by atoms with Gasteiger partial charge in [-0.3, -0.25) is 5.41 Å². The highest BCUT2D eigenvalue weighted by Gasteiger charge is 2.07. The van der Waals surface area contributed by atoms with Crippen molar-refractivity contribution in [2.24, 2.45) is 0 Å². The minimum atomic E-state index is -0.642. The van der Waals surface area contributed by atoms with Gasteiger partial charge < -0.3 is 14.4 Å². The van der Waals surface area contributed by atoms with Gasteiger partial charge in [0.2, 0.25) is 0 Å². The van der Waals surface area contributed by atoms with E-state index in [1.165, 1.54) is 0 Å². The smallest absolute Gasteiger partial charge is 0.124 e. The van der Waals surface area contributed by atoms with Gasteiger partial charge in [0.25, 0.3) is 0 Å². The Balaban J connectivity index is 1.92. The van der Waals surface area contributed by atoms with Gasteiger partial charge in [0, 0.05) is 6.20 Å². The van der Waals surface area contributed by atoms with Crippen molar-refractivity contribution in [3.63, 3.8) is 0 Å². The van der Waals surface area contributed by atoms with Crippen LogP contribution in [0.4, 0.5) is 0 Å². The van der Waals surface area contributed by atoms with E-state index >= 15 is 0 Å². The number of aliphatic hydroxyl groups is 1. The van der Waals surface area contributed by atoms with Crippen molar-refractivity contribution in [1.82, 2.24) is 4.57 Å². The maximum atomic E-state index is 9.95. The van der Waals surface area contributed by atoms with Crippen molar-refractivity contribution in [3.05, 3.63) is 59.7 Å². The molecule has 19 heavy (non-hydrogen) atoms. The Bertz CT molecular complexity index is 592. The molecule has 1 atom stereocenters. The predicted octanol–water partition coefficient (Wildman–Crippen LogP) is 1.72. The fraction of sp³-hybridized carbons (Fsp3) is 0.267. The number of hydrogen-bond acceptors (Lipinski definition) is 3. The molecule has 0 aliphatic rings. The van der Waals surface area contributed by atoms with Crippen molar-refractivity contribution >= 4 is 0 Å². The first-order valence-corrected chi connectivity index (χ1v) is 6.23. The number of rotatable bonds is 5. The standard InChI is InChI=1S/C15H18N2O2/c1-12-6-2-3-7-14(12)19-11-13(18)10-17-9-5-4-8-15(17)16/h2-9,13,16,18H,10-11H2,1H3. The number of ether oxygens (including phenoxy) is 1. The lowest BCUT2D eigenvalue weighted by atomic mass is 10.2. The van der Waals surface area contributed by atoms with Crippen LogP contribution in [0.3, 0.4) is 0 Å². The van der Waals surface area contributed by atoms with Gasteiger partial charge in [-0.25, -0.2) is 0 Å². The Morgan fingerprint density at radius 2 is 1.95 bits per heavy atom. The summed E-state index contributed by atoms with van der Waals surface area (Å²) in [7, 11) is 0. The minimum absolute atomic E-state index is 0.214. The Labute approximate surface area is 112 Å². The Morgan fingerprint density at radius 3 is 2.68 bits per heavy atom. The summed E-state index contributed by atoms with van der Waals surface area (Å²) in [5, 5.41) is 17.7. The number of pyridine rings is 1. The van der Waals surface area contributed by atoms with Gasteiger partial charge in [-0.2, -0.15) is 0 Å². The van der Waals surface area contributed by atoms with E-state index < -0.39 is 6.10 Å². The molecule has 0 bridgehead atoms. The van der Waals surface area contributed by atoms with Crippen LogP contribution in [0, 0.1) is 12.3 Å². The van der Waals surface area contributed by atoms with E-state index in [2.05, 4.69) is 0 Å². The van der Waals surface area contributed by atoms with Gasteiger partial charge in [-0.1, -0.05) is 24.3 Å². The van der Waals surface area contributed by atoms with Gasteiger partial charge in [-0.05, 0) is 30.7 Å². The Morgan fingerprint density at radius 1 is 1.21 bits per heavy atom. The maximum Gasteiger partial charge on any atom is 0.124 e. The van der Waals surface area contributed by atoms with Crippen LogP contribution >= 0.6 is 0 Å². The number of aromatic nitrogens is 1. The lowest BCUT2D eigenvalue weighted by molar-refractivity contribution is 0.0909. The molecule has 0 saturated carbocycles. The summed E-state index contributed by atoms with van der Waals surface area (Å²) in [6.45, 7) is 2.54. The highest BCUT2D eigenvalue weighted by atomic mass is 16.5. The monoisotopic (exact) mass is 258 g/mol. The average Bonchev–Trinajstić information content (AvgIpc) is 2.40. The first kappa shape index (κ1) is 13.4. The molecular formula is C15H18N2O2. The minimum Gasteiger partial charge on any atom is -0.491 e. The molecule has 1 aromatic heterocycles. The summed E-state index contributed by atoms with van der Waals surface area (Å²) in [4.78, 5) is 0. The van der Waals surface area contributed by atoms with E-state index in [0.717, 1.165) is 11.3 Å². The third-order valence-electron chi connectivity index (χ3n) is 2.87. The van der Waals surface area contributed by atoms with Gasteiger partial charge in [0.05, 0.1) is 6.54 Å². The lowest BCUT2D eigenvalue weighted by Gasteiger charge is -2.15. The number of hydrogen-bond donors (Lipinski definition) is 2. The van der Waals surface area contributed by atoms with Crippen molar-refractivity contribution in [2.75, 3.05) is 6.61 Å². The molecule has 1 unspecified atom stereocenters. The maximum absolute atomic E-state index is 9.95. The van der Waals surface area contributed by atoms with E-state index in [9.17, 15) is 5.11 Å². The number of nitrogens with one attached hydrogen (secondary N) is 1. The zero-order valence-corrected chi connectivity index (χ0v) is 10.9. The second kappa shape index (κ2) is 6.20. The van der Waals surface area contributed by atoms with Gasteiger partial charge in [0.1, 0.15) is 23.9 Å². The van der Waals surface area contributed by atoms with E-state index in [0.29, 0.717) is 12.0 Å². The normalized spacial score (nSPS) is 12.1. The van der Waals surface area contributed by atoms with Crippen LogP contribution in [0.25, 0.3) is 0 Å².